The molecule has 3 rings (SSSR count). The van der Waals surface area contributed by atoms with Gasteiger partial charge in [0.1, 0.15) is 0 Å². The topological polar surface area (TPSA) is 53.5 Å². The van der Waals surface area contributed by atoms with Crippen LogP contribution >= 0.6 is 0 Å². The summed E-state index contributed by atoms with van der Waals surface area (Å²) in [5.41, 5.74) is 4.41. The minimum absolute atomic E-state index is 0.177. The molecule has 3 aromatic carbocycles. The van der Waals surface area contributed by atoms with E-state index >= 15 is 0 Å². The molecule has 0 atom stereocenters. The highest BCUT2D eigenvalue weighted by molar-refractivity contribution is 6.00. The van der Waals surface area contributed by atoms with E-state index < -0.39 is 0 Å². The van der Waals surface area contributed by atoms with Crippen molar-refractivity contribution in [3.63, 3.8) is 0 Å². The first kappa shape index (κ1) is 14.8. The first-order valence-corrected chi connectivity index (χ1v) is 7.41. The van der Waals surface area contributed by atoms with Crippen LogP contribution in [-0.2, 0) is 4.79 Å². The summed E-state index contributed by atoms with van der Waals surface area (Å²) >= 11 is 0. The van der Waals surface area contributed by atoms with Crippen molar-refractivity contribution in [1.29, 1.82) is 0 Å². The van der Waals surface area contributed by atoms with Gasteiger partial charge in [-0.25, -0.2) is 5.43 Å². The van der Waals surface area contributed by atoms with Crippen molar-refractivity contribution >= 4 is 28.6 Å². The Morgan fingerprint density at radius 3 is 2.52 bits per heavy atom. The Hall–Kier alpha value is -3.14. The van der Waals surface area contributed by atoms with Gasteiger partial charge in [-0.15, -0.1) is 0 Å². The SMILES string of the molecule is O=C(CNc1ccccc1)N/N=C/c1cccc2ccccc12. The van der Waals surface area contributed by atoms with Gasteiger partial charge < -0.3 is 5.32 Å². The molecule has 0 bridgehead atoms. The summed E-state index contributed by atoms with van der Waals surface area (Å²) in [6.45, 7) is 0.177. The molecule has 2 N–H and O–H groups in total. The van der Waals surface area contributed by atoms with Gasteiger partial charge >= 0.3 is 0 Å². The summed E-state index contributed by atoms with van der Waals surface area (Å²) in [5, 5.41) is 9.33. The van der Waals surface area contributed by atoms with Crippen LogP contribution in [0.3, 0.4) is 0 Å². The molecule has 0 fully saturated rings. The van der Waals surface area contributed by atoms with E-state index in [2.05, 4.69) is 28.0 Å². The summed E-state index contributed by atoms with van der Waals surface area (Å²) in [5.74, 6) is -0.190. The minimum atomic E-state index is -0.190. The Morgan fingerprint density at radius 1 is 0.913 bits per heavy atom. The van der Waals surface area contributed by atoms with E-state index in [1.54, 1.807) is 6.21 Å². The maximum Gasteiger partial charge on any atom is 0.259 e. The van der Waals surface area contributed by atoms with Crippen LogP contribution in [0.4, 0.5) is 5.69 Å². The molecule has 4 heteroatoms. The highest BCUT2D eigenvalue weighted by atomic mass is 16.2. The lowest BCUT2D eigenvalue weighted by Crippen LogP contribution is -2.25. The van der Waals surface area contributed by atoms with Crippen LogP contribution in [-0.4, -0.2) is 18.7 Å². The number of carbonyl (C=O) groups is 1. The van der Waals surface area contributed by atoms with Gasteiger partial charge in [0.05, 0.1) is 12.8 Å². The van der Waals surface area contributed by atoms with Crippen LogP contribution in [0.1, 0.15) is 5.56 Å². The third kappa shape index (κ3) is 3.95. The molecular formula is C19H17N3O. The van der Waals surface area contributed by atoms with Crippen molar-refractivity contribution in [2.24, 2.45) is 5.10 Å². The Kier molecular flexibility index (Phi) is 4.64. The van der Waals surface area contributed by atoms with E-state index in [9.17, 15) is 4.79 Å². The second kappa shape index (κ2) is 7.22. The number of hydrazone groups is 1. The van der Waals surface area contributed by atoms with Crippen molar-refractivity contribution in [3.05, 3.63) is 78.4 Å². The third-order valence-corrected chi connectivity index (χ3v) is 3.44. The Balaban J connectivity index is 1.59. The smallest absolute Gasteiger partial charge is 0.259 e. The van der Waals surface area contributed by atoms with Crippen LogP contribution < -0.4 is 10.7 Å². The van der Waals surface area contributed by atoms with Crippen molar-refractivity contribution in [3.8, 4) is 0 Å². The summed E-state index contributed by atoms with van der Waals surface area (Å²) in [6, 6.07) is 23.7. The summed E-state index contributed by atoms with van der Waals surface area (Å²) in [7, 11) is 0. The number of fused-ring (bicyclic) bond motifs is 1. The molecule has 0 heterocycles. The molecule has 23 heavy (non-hydrogen) atoms. The van der Waals surface area contributed by atoms with E-state index in [1.165, 1.54) is 0 Å². The quantitative estimate of drug-likeness (QED) is 0.560. The minimum Gasteiger partial charge on any atom is -0.376 e. The molecule has 114 valence electrons. The van der Waals surface area contributed by atoms with Crippen LogP contribution in [0, 0.1) is 0 Å². The van der Waals surface area contributed by atoms with E-state index in [1.807, 2.05) is 60.7 Å². The molecule has 0 saturated carbocycles. The number of nitrogens with one attached hydrogen (secondary N) is 2. The highest BCUT2D eigenvalue weighted by Crippen LogP contribution is 2.16. The Bertz CT molecular complexity index is 823. The van der Waals surface area contributed by atoms with E-state index in [-0.39, 0.29) is 12.5 Å². The van der Waals surface area contributed by atoms with Crippen LogP contribution in [0.2, 0.25) is 0 Å². The zero-order valence-corrected chi connectivity index (χ0v) is 12.6. The first-order valence-electron chi connectivity index (χ1n) is 7.41. The summed E-state index contributed by atoms with van der Waals surface area (Å²) < 4.78 is 0. The Labute approximate surface area is 134 Å². The fraction of sp³-hybridized carbons (Fsp3) is 0.0526. The lowest BCUT2D eigenvalue weighted by molar-refractivity contribution is -0.119. The second-order valence-electron chi connectivity index (χ2n) is 5.08. The lowest BCUT2D eigenvalue weighted by atomic mass is 10.1. The monoisotopic (exact) mass is 303 g/mol. The first-order chi connectivity index (χ1) is 11.3. The standard InChI is InChI=1S/C19H17N3O/c23-19(14-20-17-10-2-1-3-11-17)22-21-13-16-9-6-8-15-7-4-5-12-18(15)16/h1-13,20H,14H2,(H,22,23)/b21-13+. The third-order valence-electron chi connectivity index (χ3n) is 3.44. The molecule has 0 unspecified atom stereocenters. The average Bonchev–Trinajstić information content (AvgIpc) is 2.61. The van der Waals surface area contributed by atoms with Gasteiger partial charge in [-0.1, -0.05) is 60.7 Å². The van der Waals surface area contributed by atoms with Crippen molar-refractivity contribution in [2.75, 3.05) is 11.9 Å². The fourth-order valence-electron chi connectivity index (χ4n) is 2.31. The van der Waals surface area contributed by atoms with Crippen LogP contribution in [0.5, 0.6) is 0 Å². The van der Waals surface area contributed by atoms with Gasteiger partial charge in [-0.05, 0) is 22.9 Å². The molecule has 1 amide bonds. The number of benzene rings is 3. The van der Waals surface area contributed by atoms with E-state index in [4.69, 9.17) is 0 Å². The number of carbonyl (C=O) groups excluding carboxylic acids is 1. The predicted octanol–water partition coefficient (Wildman–Crippen LogP) is 3.40. The van der Waals surface area contributed by atoms with Gasteiger partial charge in [0, 0.05) is 11.3 Å². The predicted molar refractivity (Wildman–Crippen MR) is 94.6 cm³/mol. The van der Waals surface area contributed by atoms with Crippen molar-refractivity contribution in [2.45, 2.75) is 0 Å². The van der Waals surface area contributed by atoms with E-state index in [0.29, 0.717) is 0 Å². The zero-order chi connectivity index (χ0) is 15.9. The molecular weight excluding hydrogens is 286 g/mol. The normalized spacial score (nSPS) is 10.8. The zero-order valence-electron chi connectivity index (χ0n) is 12.6. The highest BCUT2D eigenvalue weighted by Gasteiger charge is 2.00. The van der Waals surface area contributed by atoms with Gasteiger partial charge in [0.25, 0.3) is 5.91 Å². The van der Waals surface area contributed by atoms with Gasteiger partial charge in [-0.2, -0.15) is 5.10 Å². The number of amides is 1. The lowest BCUT2D eigenvalue weighted by Gasteiger charge is -2.05. The molecule has 4 nitrogen and oxygen atoms in total. The molecule has 0 radical (unpaired) electrons. The second-order valence-corrected chi connectivity index (χ2v) is 5.08. The summed E-state index contributed by atoms with van der Waals surface area (Å²) in [6.07, 6.45) is 1.67. The maximum absolute atomic E-state index is 11.8. The maximum atomic E-state index is 11.8. The van der Waals surface area contributed by atoms with Gasteiger partial charge in [0.15, 0.2) is 0 Å². The molecule has 0 aliphatic carbocycles. The molecule has 0 saturated heterocycles. The van der Waals surface area contributed by atoms with Crippen molar-refractivity contribution < 1.29 is 4.79 Å². The molecule has 0 spiro atoms. The largest absolute Gasteiger partial charge is 0.376 e. The summed E-state index contributed by atoms with van der Waals surface area (Å²) in [4.78, 5) is 11.8. The average molecular weight is 303 g/mol. The van der Waals surface area contributed by atoms with Gasteiger partial charge in [0.2, 0.25) is 0 Å². The molecule has 0 aliphatic heterocycles. The van der Waals surface area contributed by atoms with E-state index in [0.717, 1.165) is 22.0 Å². The number of rotatable bonds is 5. The molecule has 0 aromatic heterocycles. The molecule has 3 aromatic rings. The number of hydrogen-bond acceptors (Lipinski definition) is 3. The number of para-hydroxylation sites is 1. The number of nitrogens with zero attached hydrogens (tertiary/aromatic N) is 1. The van der Waals surface area contributed by atoms with Gasteiger partial charge in [-0.3, -0.25) is 4.79 Å². The van der Waals surface area contributed by atoms with Crippen molar-refractivity contribution in [1.82, 2.24) is 5.43 Å². The number of hydrogen-bond donors (Lipinski definition) is 2. The Morgan fingerprint density at radius 2 is 1.65 bits per heavy atom. The molecule has 0 aliphatic rings. The van der Waals surface area contributed by atoms with Crippen LogP contribution in [0.25, 0.3) is 10.8 Å². The fourth-order valence-corrected chi connectivity index (χ4v) is 2.31. The number of anilines is 1. The van der Waals surface area contributed by atoms with Crippen LogP contribution in [0.15, 0.2) is 77.9 Å².